The number of carbonyl (C=O) groups excluding carboxylic acids is 1. The van der Waals surface area contributed by atoms with Crippen molar-refractivity contribution in [3.8, 4) is 0 Å². The molecule has 0 aromatic heterocycles. The minimum absolute atomic E-state index is 0.0550. The lowest BCUT2D eigenvalue weighted by atomic mass is 9.82. The predicted molar refractivity (Wildman–Crippen MR) is 77.9 cm³/mol. The molecule has 4 heteroatoms. The van der Waals surface area contributed by atoms with Crippen molar-refractivity contribution in [3.63, 3.8) is 0 Å². The van der Waals surface area contributed by atoms with Crippen LogP contribution in [0.5, 0.6) is 0 Å². The Hall–Kier alpha value is -1.84. The quantitative estimate of drug-likeness (QED) is 0.887. The molecule has 1 aliphatic carbocycles. The molecule has 2 rings (SSSR count). The summed E-state index contributed by atoms with van der Waals surface area (Å²) in [5.41, 5.74) is 1.61. The Morgan fingerprint density at radius 1 is 1.20 bits per heavy atom. The third kappa shape index (κ3) is 3.38. The van der Waals surface area contributed by atoms with Gasteiger partial charge in [0.15, 0.2) is 0 Å². The van der Waals surface area contributed by atoms with E-state index in [4.69, 9.17) is 5.11 Å². The van der Waals surface area contributed by atoms with Crippen LogP contribution in [-0.2, 0) is 4.79 Å². The van der Waals surface area contributed by atoms with E-state index in [1.807, 2.05) is 0 Å². The molecule has 1 aliphatic rings. The van der Waals surface area contributed by atoms with Crippen molar-refractivity contribution in [2.45, 2.75) is 39.5 Å². The first-order valence-corrected chi connectivity index (χ1v) is 7.12. The molecule has 0 atom stereocenters. The van der Waals surface area contributed by atoms with Gasteiger partial charge in [-0.05, 0) is 62.3 Å². The van der Waals surface area contributed by atoms with Gasteiger partial charge in [0.2, 0.25) is 5.91 Å². The van der Waals surface area contributed by atoms with E-state index in [9.17, 15) is 9.59 Å². The summed E-state index contributed by atoms with van der Waals surface area (Å²) in [5.74, 6) is -0.0807. The van der Waals surface area contributed by atoms with Gasteiger partial charge < -0.3 is 10.4 Å². The molecule has 20 heavy (non-hydrogen) atoms. The summed E-state index contributed by atoms with van der Waals surface area (Å²) in [6.07, 6.45) is 4.10. The normalized spacial score (nSPS) is 22.3. The lowest BCUT2D eigenvalue weighted by Crippen LogP contribution is -2.26. The Morgan fingerprint density at radius 2 is 1.85 bits per heavy atom. The van der Waals surface area contributed by atoms with Crippen molar-refractivity contribution < 1.29 is 14.7 Å². The molecule has 1 aromatic carbocycles. The van der Waals surface area contributed by atoms with E-state index in [2.05, 4.69) is 12.2 Å². The molecule has 0 unspecified atom stereocenters. The smallest absolute Gasteiger partial charge is 0.335 e. The second kappa shape index (κ2) is 6.07. The third-order valence-corrected chi connectivity index (χ3v) is 4.11. The van der Waals surface area contributed by atoms with Crippen LogP contribution in [0.2, 0.25) is 0 Å². The van der Waals surface area contributed by atoms with E-state index in [-0.39, 0.29) is 17.4 Å². The first kappa shape index (κ1) is 14.6. The molecule has 4 nitrogen and oxygen atoms in total. The maximum absolute atomic E-state index is 12.2. The van der Waals surface area contributed by atoms with Crippen molar-refractivity contribution in [3.05, 3.63) is 29.3 Å². The maximum Gasteiger partial charge on any atom is 0.335 e. The van der Waals surface area contributed by atoms with Gasteiger partial charge in [-0.2, -0.15) is 0 Å². The maximum atomic E-state index is 12.2. The SMILES string of the molecule is Cc1cc(NC(=O)C2CCC(C)CC2)ccc1C(=O)O. The van der Waals surface area contributed by atoms with Crippen LogP contribution in [0.25, 0.3) is 0 Å². The number of aryl methyl sites for hydroxylation is 1. The van der Waals surface area contributed by atoms with Crippen LogP contribution in [0.1, 0.15) is 48.5 Å². The number of hydrogen-bond acceptors (Lipinski definition) is 2. The number of nitrogens with one attached hydrogen (secondary N) is 1. The number of rotatable bonds is 3. The lowest BCUT2D eigenvalue weighted by Gasteiger charge is -2.25. The van der Waals surface area contributed by atoms with Gasteiger partial charge >= 0.3 is 5.97 Å². The van der Waals surface area contributed by atoms with Gasteiger partial charge in [0, 0.05) is 11.6 Å². The van der Waals surface area contributed by atoms with Gasteiger partial charge in [-0.25, -0.2) is 4.79 Å². The first-order chi connectivity index (χ1) is 9.47. The molecule has 0 spiro atoms. The summed E-state index contributed by atoms with van der Waals surface area (Å²) in [4.78, 5) is 23.1. The molecule has 1 amide bonds. The summed E-state index contributed by atoms with van der Waals surface area (Å²) in [6, 6.07) is 4.91. The average molecular weight is 275 g/mol. The highest BCUT2D eigenvalue weighted by Gasteiger charge is 2.24. The fraction of sp³-hybridized carbons (Fsp3) is 0.500. The van der Waals surface area contributed by atoms with Gasteiger partial charge in [0.05, 0.1) is 5.56 Å². The zero-order valence-electron chi connectivity index (χ0n) is 12.0. The van der Waals surface area contributed by atoms with E-state index in [1.165, 1.54) is 6.07 Å². The number of aromatic carboxylic acids is 1. The standard InChI is InChI=1S/C16H21NO3/c1-10-3-5-12(6-4-10)15(18)17-13-7-8-14(16(19)20)11(2)9-13/h7-10,12H,3-6H2,1-2H3,(H,17,18)(H,19,20). The molecule has 0 radical (unpaired) electrons. The van der Waals surface area contributed by atoms with Crippen LogP contribution in [0.15, 0.2) is 18.2 Å². The van der Waals surface area contributed by atoms with E-state index >= 15 is 0 Å². The van der Waals surface area contributed by atoms with Crippen molar-refractivity contribution >= 4 is 17.6 Å². The van der Waals surface area contributed by atoms with Crippen LogP contribution in [0.4, 0.5) is 5.69 Å². The zero-order chi connectivity index (χ0) is 14.7. The minimum atomic E-state index is -0.943. The summed E-state index contributed by atoms with van der Waals surface area (Å²) >= 11 is 0. The third-order valence-electron chi connectivity index (χ3n) is 4.11. The number of benzene rings is 1. The van der Waals surface area contributed by atoms with Crippen molar-refractivity contribution in [2.24, 2.45) is 11.8 Å². The van der Waals surface area contributed by atoms with Crippen LogP contribution < -0.4 is 5.32 Å². The van der Waals surface area contributed by atoms with Crippen LogP contribution in [0, 0.1) is 18.8 Å². The first-order valence-electron chi connectivity index (χ1n) is 7.12. The van der Waals surface area contributed by atoms with Crippen molar-refractivity contribution in [1.29, 1.82) is 0 Å². The molecule has 1 aromatic rings. The molecule has 1 saturated carbocycles. The molecule has 0 bridgehead atoms. The second-order valence-electron chi connectivity index (χ2n) is 5.78. The number of carboxylic acids is 1. The summed E-state index contributed by atoms with van der Waals surface area (Å²) in [6.45, 7) is 3.96. The molecule has 1 fully saturated rings. The van der Waals surface area contributed by atoms with Gasteiger partial charge in [-0.1, -0.05) is 6.92 Å². The Balaban J connectivity index is 2.01. The van der Waals surface area contributed by atoms with Gasteiger partial charge in [0.25, 0.3) is 0 Å². The van der Waals surface area contributed by atoms with Gasteiger partial charge in [-0.3, -0.25) is 4.79 Å². The second-order valence-corrected chi connectivity index (χ2v) is 5.78. The largest absolute Gasteiger partial charge is 0.478 e. The molecule has 0 heterocycles. The minimum Gasteiger partial charge on any atom is -0.478 e. The lowest BCUT2D eigenvalue weighted by molar-refractivity contribution is -0.121. The summed E-state index contributed by atoms with van der Waals surface area (Å²) < 4.78 is 0. The average Bonchev–Trinajstić information content (AvgIpc) is 2.39. The summed E-state index contributed by atoms with van der Waals surface area (Å²) in [5, 5.41) is 11.9. The highest BCUT2D eigenvalue weighted by Crippen LogP contribution is 2.29. The van der Waals surface area contributed by atoms with Crippen LogP contribution in [0.3, 0.4) is 0 Å². The molecular weight excluding hydrogens is 254 g/mol. The highest BCUT2D eigenvalue weighted by atomic mass is 16.4. The Kier molecular flexibility index (Phi) is 4.42. The monoisotopic (exact) mass is 275 g/mol. The van der Waals surface area contributed by atoms with Gasteiger partial charge in [0.1, 0.15) is 0 Å². The predicted octanol–water partition coefficient (Wildman–Crippen LogP) is 3.46. The van der Waals surface area contributed by atoms with E-state index in [1.54, 1.807) is 19.1 Å². The van der Waals surface area contributed by atoms with Crippen molar-refractivity contribution in [1.82, 2.24) is 0 Å². The van der Waals surface area contributed by atoms with E-state index < -0.39 is 5.97 Å². The number of hydrogen-bond donors (Lipinski definition) is 2. The Morgan fingerprint density at radius 3 is 2.40 bits per heavy atom. The molecule has 2 N–H and O–H groups in total. The number of amides is 1. The fourth-order valence-corrected chi connectivity index (χ4v) is 2.75. The molecule has 0 saturated heterocycles. The number of carbonyl (C=O) groups is 2. The molecule has 0 aliphatic heterocycles. The van der Waals surface area contributed by atoms with Crippen molar-refractivity contribution in [2.75, 3.05) is 5.32 Å². The summed E-state index contributed by atoms with van der Waals surface area (Å²) in [7, 11) is 0. The number of anilines is 1. The van der Waals surface area contributed by atoms with E-state index in [0.29, 0.717) is 11.3 Å². The fourth-order valence-electron chi connectivity index (χ4n) is 2.75. The van der Waals surface area contributed by atoms with Gasteiger partial charge in [-0.15, -0.1) is 0 Å². The highest BCUT2D eigenvalue weighted by molar-refractivity contribution is 5.94. The Labute approximate surface area is 119 Å². The Bertz CT molecular complexity index is 516. The molecule has 108 valence electrons. The topological polar surface area (TPSA) is 66.4 Å². The molecular formula is C16H21NO3. The van der Waals surface area contributed by atoms with Crippen LogP contribution in [-0.4, -0.2) is 17.0 Å². The van der Waals surface area contributed by atoms with E-state index in [0.717, 1.165) is 31.6 Å². The zero-order valence-corrected chi connectivity index (χ0v) is 12.0. The number of carboxylic acid groups (broad SMARTS) is 1. The van der Waals surface area contributed by atoms with Crippen LogP contribution >= 0.6 is 0 Å².